The highest BCUT2D eigenvalue weighted by Gasteiger charge is 2.06. The summed E-state index contributed by atoms with van der Waals surface area (Å²) in [6.45, 7) is 0.293. The molecule has 1 aromatic carbocycles. The molecule has 0 saturated carbocycles. The van der Waals surface area contributed by atoms with Crippen LogP contribution in [0.1, 0.15) is 15.9 Å². The first-order valence-electron chi connectivity index (χ1n) is 5.40. The molecule has 0 aliphatic carbocycles. The van der Waals surface area contributed by atoms with E-state index in [4.69, 9.17) is 4.84 Å². The lowest BCUT2D eigenvalue weighted by Gasteiger charge is -2.05. The Hall–Kier alpha value is -2.40. The van der Waals surface area contributed by atoms with Crippen LogP contribution in [-0.4, -0.2) is 5.91 Å². The number of hydroxylamine groups is 1. The van der Waals surface area contributed by atoms with Gasteiger partial charge in [0.05, 0.1) is 12.2 Å². The molecule has 5 heteroatoms. The van der Waals surface area contributed by atoms with E-state index in [1.54, 1.807) is 0 Å². The van der Waals surface area contributed by atoms with Gasteiger partial charge < -0.3 is 5.21 Å². The molecule has 0 aliphatic rings. The van der Waals surface area contributed by atoms with Gasteiger partial charge in [0.15, 0.2) is 12.4 Å². The number of nitrogens with zero attached hydrogens (tertiary/aromatic N) is 1. The smallest absolute Gasteiger partial charge is 0.275 e. The Labute approximate surface area is 104 Å². The molecule has 0 saturated heterocycles. The highest BCUT2D eigenvalue weighted by molar-refractivity contribution is 5.93. The number of rotatable bonds is 4. The van der Waals surface area contributed by atoms with Crippen molar-refractivity contribution in [3.8, 4) is 0 Å². The van der Waals surface area contributed by atoms with Crippen LogP contribution in [0.3, 0.4) is 0 Å². The maximum absolute atomic E-state index is 11.6. The Balaban J connectivity index is 1.84. The predicted molar refractivity (Wildman–Crippen MR) is 64.1 cm³/mol. The van der Waals surface area contributed by atoms with Gasteiger partial charge in [0.25, 0.3) is 5.91 Å². The number of amides is 1. The van der Waals surface area contributed by atoms with Crippen molar-refractivity contribution in [2.45, 2.75) is 6.61 Å². The van der Waals surface area contributed by atoms with Gasteiger partial charge >= 0.3 is 0 Å². The highest BCUT2D eigenvalue weighted by atomic mass is 16.6. The quantitative estimate of drug-likeness (QED) is 0.499. The first-order valence-corrected chi connectivity index (χ1v) is 5.40. The third-order valence-corrected chi connectivity index (χ3v) is 2.31. The van der Waals surface area contributed by atoms with Crippen LogP contribution in [0.25, 0.3) is 0 Å². The molecule has 1 heterocycles. The molecule has 0 bridgehead atoms. The van der Waals surface area contributed by atoms with Crippen LogP contribution < -0.4 is 10.2 Å². The second kappa shape index (κ2) is 5.79. The number of aromatic nitrogens is 1. The Morgan fingerprint density at radius 1 is 1.17 bits per heavy atom. The summed E-state index contributed by atoms with van der Waals surface area (Å²) in [6, 6.07) is 12.3. The lowest BCUT2D eigenvalue weighted by atomic mass is 10.2. The zero-order valence-electron chi connectivity index (χ0n) is 9.58. The minimum atomic E-state index is -0.383. The molecular formula is C13H12N2O3. The summed E-state index contributed by atoms with van der Waals surface area (Å²) < 4.78 is 0.613. The minimum absolute atomic E-state index is 0.293. The van der Waals surface area contributed by atoms with Crippen LogP contribution in [0.15, 0.2) is 54.9 Å². The minimum Gasteiger partial charge on any atom is -0.619 e. The van der Waals surface area contributed by atoms with Gasteiger partial charge in [-0.2, -0.15) is 4.73 Å². The molecule has 2 aromatic rings. The summed E-state index contributed by atoms with van der Waals surface area (Å²) in [6.07, 6.45) is 2.51. The molecule has 18 heavy (non-hydrogen) atoms. The number of hydrogen-bond acceptors (Lipinski definition) is 3. The molecule has 1 N–H and O–H groups in total. The molecular weight excluding hydrogens is 232 g/mol. The van der Waals surface area contributed by atoms with E-state index in [9.17, 15) is 10.0 Å². The SMILES string of the molecule is O=C(NOCc1ccccc1)c1cc[n+]([O-])cc1. The summed E-state index contributed by atoms with van der Waals surface area (Å²) in [5.74, 6) is -0.383. The van der Waals surface area contributed by atoms with E-state index in [0.717, 1.165) is 5.56 Å². The van der Waals surface area contributed by atoms with Crippen LogP contribution in [0.4, 0.5) is 0 Å². The van der Waals surface area contributed by atoms with Crippen molar-refractivity contribution in [1.82, 2.24) is 5.48 Å². The van der Waals surface area contributed by atoms with Gasteiger partial charge in [0.1, 0.15) is 0 Å². The largest absolute Gasteiger partial charge is 0.619 e. The molecule has 5 nitrogen and oxygen atoms in total. The molecule has 0 fully saturated rings. The molecule has 0 spiro atoms. The number of hydrogen-bond donors (Lipinski definition) is 1. The monoisotopic (exact) mass is 244 g/mol. The fourth-order valence-electron chi connectivity index (χ4n) is 1.38. The van der Waals surface area contributed by atoms with Crippen LogP contribution in [0, 0.1) is 5.21 Å². The number of nitrogens with one attached hydrogen (secondary N) is 1. The fraction of sp³-hybridized carbons (Fsp3) is 0.0769. The van der Waals surface area contributed by atoms with Gasteiger partial charge in [0, 0.05) is 12.1 Å². The number of carbonyl (C=O) groups excluding carboxylic acids is 1. The molecule has 1 amide bonds. The zero-order valence-corrected chi connectivity index (χ0v) is 9.58. The summed E-state index contributed by atoms with van der Waals surface area (Å²) in [5, 5.41) is 10.8. The van der Waals surface area contributed by atoms with Crippen LogP contribution in [-0.2, 0) is 11.4 Å². The van der Waals surface area contributed by atoms with E-state index in [1.165, 1.54) is 24.5 Å². The standard InChI is InChI=1S/C13H12N2O3/c16-13(12-6-8-15(17)9-7-12)14-18-10-11-4-2-1-3-5-11/h1-9H,10H2,(H,14,16). The third-order valence-electron chi connectivity index (χ3n) is 2.31. The molecule has 92 valence electrons. The number of benzene rings is 1. The van der Waals surface area contributed by atoms with E-state index in [0.29, 0.717) is 16.9 Å². The second-order valence-electron chi connectivity index (χ2n) is 3.65. The van der Waals surface area contributed by atoms with E-state index in [-0.39, 0.29) is 5.91 Å². The van der Waals surface area contributed by atoms with Crippen LogP contribution in [0.5, 0.6) is 0 Å². The van der Waals surface area contributed by atoms with Gasteiger partial charge in [0.2, 0.25) is 0 Å². The molecule has 1 aromatic heterocycles. The molecule has 0 unspecified atom stereocenters. The van der Waals surface area contributed by atoms with E-state index in [2.05, 4.69) is 5.48 Å². The Morgan fingerprint density at radius 2 is 1.83 bits per heavy atom. The van der Waals surface area contributed by atoms with Gasteiger partial charge in [-0.15, -0.1) is 0 Å². The van der Waals surface area contributed by atoms with Crippen LogP contribution in [0.2, 0.25) is 0 Å². The average molecular weight is 244 g/mol. The Morgan fingerprint density at radius 3 is 2.50 bits per heavy atom. The first-order chi connectivity index (χ1) is 8.75. The lowest BCUT2D eigenvalue weighted by molar-refractivity contribution is -0.605. The molecule has 2 rings (SSSR count). The fourth-order valence-corrected chi connectivity index (χ4v) is 1.38. The molecule has 0 atom stereocenters. The maximum atomic E-state index is 11.6. The van der Waals surface area contributed by atoms with Crippen molar-refractivity contribution in [3.05, 3.63) is 71.2 Å². The molecule has 0 radical (unpaired) electrons. The lowest BCUT2D eigenvalue weighted by Crippen LogP contribution is -2.27. The van der Waals surface area contributed by atoms with Gasteiger partial charge in [-0.25, -0.2) is 5.48 Å². The summed E-state index contributed by atoms with van der Waals surface area (Å²) >= 11 is 0. The predicted octanol–water partition coefficient (Wildman–Crippen LogP) is 1.18. The summed E-state index contributed by atoms with van der Waals surface area (Å²) in [7, 11) is 0. The average Bonchev–Trinajstić information content (AvgIpc) is 2.40. The van der Waals surface area contributed by atoms with Crippen molar-refractivity contribution >= 4 is 5.91 Å². The van der Waals surface area contributed by atoms with Crippen molar-refractivity contribution < 1.29 is 14.4 Å². The van der Waals surface area contributed by atoms with E-state index < -0.39 is 0 Å². The summed E-state index contributed by atoms with van der Waals surface area (Å²) in [4.78, 5) is 16.7. The second-order valence-corrected chi connectivity index (χ2v) is 3.65. The van der Waals surface area contributed by atoms with Crippen LogP contribution >= 0.6 is 0 Å². The summed E-state index contributed by atoms with van der Waals surface area (Å²) in [5.41, 5.74) is 3.65. The first kappa shape index (κ1) is 12.1. The zero-order chi connectivity index (χ0) is 12.8. The van der Waals surface area contributed by atoms with Crippen molar-refractivity contribution in [2.75, 3.05) is 0 Å². The van der Waals surface area contributed by atoms with E-state index in [1.807, 2.05) is 30.3 Å². The van der Waals surface area contributed by atoms with Gasteiger partial charge in [-0.1, -0.05) is 30.3 Å². The van der Waals surface area contributed by atoms with Crippen molar-refractivity contribution in [3.63, 3.8) is 0 Å². The number of carbonyl (C=O) groups is 1. The maximum Gasteiger partial charge on any atom is 0.275 e. The molecule has 0 aliphatic heterocycles. The highest BCUT2D eigenvalue weighted by Crippen LogP contribution is 2.00. The van der Waals surface area contributed by atoms with E-state index >= 15 is 0 Å². The Kier molecular flexibility index (Phi) is 3.88. The normalized spacial score (nSPS) is 10.0. The number of pyridine rings is 1. The van der Waals surface area contributed by atoms with Crippen molar-refractivity contribution in [1.29, 1.82) is 0 Å². The van der Waals surface area contributed by atoms with Gasteiger partial charge in [-0.05, 0) is 5.56 Å². The topological polar surface area (TPSA) is 65.3 Å². The van der Waals surface area contributed by atoms with Gasteiger partial charge in [-0.3, -0.25) is 9.63 Å². The van der Waals surface area contributed by atoms with Crippen molar-refractivity contribution in [2.24, 2.45) is 0 Å². The third kappa shape index (κ3) is 3.29. The Bertz CT molecular complexity index is 512.